The summed E-state index contributed by atoms with van der Waals surface area (Å²) >= 11 is 1.34. The molecule has 0 aromatic carbocycles. The molecule has 0 atom stereocenters. The van der Waals surface area contributed by atoms with Crippen LogP contribution in [0, 0.1) is 5.92 Å². The van der Waals surface area contributed by atoms with Crippen molar-refractivity contribution in [2.24, 2.45) is 5.92 Å². The molecule has 21 heavy (non-hydrogen) atoms. The smallest absolute Gasteiger partial charge is 0.279 e. The second-order valence-electron chi connectivity index (χ2n) is 5.26. The van der Waals surface area contributed by atoms with Crippen LogP contribution >= 0.6 is 11.3 Å². The van der Waals surface area contributed by atoms with E-state index in [0.717, 1.165) is 32.5 Å². The molecule has 2 rings (SSSR count). The zero-order valence-corrected chi connectivity index (χ0v) is 13.0. The number of amides is 2. The van der Waals surface area contributed by atoms with Crippen LogP contribution in [0.15, 0.2) is 17.5 Å². The summed E-state index contributed by atoms with van der Waals surface area (Å²) in [6.45, 7) is 3.23. The summed E-state index contributed by atoms with van der Waals surface area (Å²) in [6.07, 6.45) is 2.21. The average Bonchev–Trinajstić information content (AvgIpc) is 3.01. The molecular weight excluding hydrogens is 288 g/mol. The molecule has 0 spiro atoms. The van der Waals surface area contributed by atoms with E-state index in [1.54, 1.807) is 12.1 Å². The summed E-state index contributed by atoms with van der Waals surface area (Å²) in [5.74, 6) is 0.255. The number of nitrogens with one attached hydrogen (secondary N) is 3. The molecule has 1 saturated heterocycles. The molecule has 0 bridgehead atoms. The number of nitrogens with zero attached hydrogens (tertiary/aromatic N) is 1. The molecule has 1 fully saturated rings. The fourth-order valence-electron chi connectivity index (χ4n) is 2.48. The molecular formula is C14H22N4O2S. The lowest BCUT2D eigenvalue weighted by Crippen LogP contribution is -2.48. The van der Waals surface area contributed by atoms with Gasteiger partial charge in [0.2, 0.25) is 0 Å². The molecule has 3 N–H and O–H groups in total. The van der Waals surface area contributed by atoms with Gasteiger partial charge in [0.05, 0.1) is 11.4 Å². The van der Waals surface area contributed by atoms with Crippen LogP contribution in [0.2, 0.25) is 0 Å². The number of hydrazine groups is 1. The van der Waals surface area contributed by atoms with E-state index in [1.165, 1.54) is 11.3 Å². The monoisotopic (exact) mass is 310 g/mol. The van der Waals surface area contributed by atoms with Gasteiger partial charge >= 0.3 is 0 Å². The summed E-state index contributed by atoms with van der Waals surface area (Å²) < 4.78 is 0. The van der Waals surface area contributed by atoms with Gasteiger partial charge in [-0.05, 0) is 56.9 Å². The highest BCUT2D eigenvalue weighted by Gasteiger charge is 2.20. The van der Waals surface area contributed by atoms with Gasteiger partial charge in [-0.25, -0.2) is 0 Å². The Labute approximate surface area is 128 Å². The maximum Gasteiger partial charge on any atom is 0.279 e. The number of thiophene rings is 1. The van der Waals surface area contributed by atoms with Gasteiger partial charge in [0, 0.05) is 0 Å². The minimum absolute atomic E-state index is 0.174. The van der Waals surface area contributed by atoms with Crippen LogP contribution in [0.5, 0.6) is 0 Å². The van der Waals surface area contributed by atoms with Crippen molar-refractivity contribution >= 4 is 23.2 Å². The van der Waals surface area contributed by atoms with Gasteiger partial charge in [-0.2, -0.15) is 0 Å². The Hall–Kier alpha value is -1.44. The summed E-state index contributed by atoms with van der Waals surface area (Å²) in [4.78, 5) is 26.2. The third kappa shape index (κ3) is 5.11. The highest BCUT2D eigenvalue weighted by atomic mass is 32.1. The van der Waals surface area contributed by atoms with E-state index >= 15 is 0 Å². The molecule has 2 heterocycles. The second-order valence-corrected chi connectivity index (χ2v) is 6.20. The Kier molecular flexibility index (Phi) is 6.16. The number of rotatable bonds is 5. The maximum atomic E-state index is 11.8. The van der Waals surface area contributed by atoms with E-state index in [2.05, 4.69) is 21.1 Å². The quantitative estimate of drug-likeness (QED) is 0.690. The molecule has 1 aromatic heterocycles. The zero-order chi connectivity index (χ0) is 15.1. The van der Waals surface area contributed by atoms with Gasteiger partial charge in [-0.1, -0.05) is 6.07 Å². The molecule has 2 amide bonds. The predicted octanol–water partition coefficient (Wildman–Crippen LogP) is 0.441. The Morgan fingerprint density at radius 2 is 2.10 bits per heavy atom. The molecule has 7 heteroatoms. The first-order valence-corrected chi connectivity index (χ1v) is 8.06. The highest BCUT2D eigenvalue weighted by molar-refractivity contribution is 7.12. The first kappa shape index (κ1) is 15.9. The summed E-state index contributed by atoms with van der Waals surface area (Å²) in [5.41, 5.74) is 4.91. The molecule has 0 unspecified atom stereocenters. The Bertz CT molecular complexity index is 456. The van der Waals surface area contributed by atoms with Crippen LogP contribution in [-0.2, 0) is 4.79 Å². The number of carbonyl (C=O) groups is 2. The number of hydrogen-bond acceptors (Lipinski definition) is 5. The Balaban J connectivity index is 1.65. The molecule has 1 aliphatic rings. The minimum Gasteiger partial charge on any atom is -0.319 e. The lowest BCUT2D eigenvalue weighted by Gasteiger charge is -2.31. The van der Waals surface area contributed by atoms with Crippen LogP contribution in [0.4, 0.5) is 0 Å². The number of hydrogen-bond donors (Lipinski definition) is 3. The van der Waals surface area contributed by atoms with Crippen molar-refractivity contribution in [2.45, 2.75) is 12.8 Å². The first-order chi connectivity index (χ1) is 10.2. The van der Waals surface area contributed by atoms with Crippen molar-refractivity contribution in [1.82, 2.24) is 21.1 Å². The van der Waals surface area contributed by atoms with Gasteiger partial charge in [0.15, 0.2) is 0 Å². The average molecular weight is 310 g/mol. The van der Waals surface area contributed by atoms with Gasteiger partial charge in [-0.15, -0.1) is 11.3 Å². The van der Waals surface area contributed by atoms with Crippen LogP contribution in [0.1, 0.15) is 22.5 Å². The normalized spacial score (nSPS) is 16.6. The largest absolute Gasteiger partial charge is 0.319 e. The van der Waals surface area contributed by atoms with Gasteiger partial charge < -0.3 is 5.32 Å². The van der Waals surface area contributed by atoms with Crippen molar-refractivity contribution in [3.05, 3.63) is 22.4 Å². The first-order valence-electron chi connectivity index (χ1n) is 7.18. The summed E-state index contributed by atoms with van der Waals surface area (Å²) in [7, 11) is 1.97. The van der Waals surface area contributed by atoms with Crippen LogP contribution in [-0.4, -0.2) is 49.9 Å². The van der Waals surface area contributed by atoms with Gasteiger partial charge in [0.25, 0.3) is 11.8 Å². The van der Waals surface area contributed by atoms with Crippen molar-refractivity contribution < 1.29 is 9.59 Å². The number of carbonyl (C=O) groups excluding carboxylic acids is 2. The van der Waals surface area contributed by atoms with E-state index in [1.807, 2.05) is 12.4 Å². The minimum atomic E-state index is -0.272. The lowest BCUT2D eigenvalue weighted by molar-refractivity contribution is -0.123. The molecule has 1 aromatic rings. The van der Waals surface area contributed by atoms with Gasteiger partial charge in [-0.3, -0.25) is 25.3 Å². The Morgan fingerprint density at radius 1 is 1.33 bits per heavy atom. The molecule has 116 valence electrons. The molecule has 1 aliphatic heterocycles. The molecule has 0 radical (unpaired) electrons. The topological polar surface area (TPSA) is 73.5 Å². The van der Waals surface area contributed by atoms with E-state index in [-0.39, 0.29) is 11.8 Å². The van der Waals surface area contributed by atoms with Crippen molar-refractivity contribution in [3.8, 4) is 0 Å². The predicted molar refractivity (Wildman–Crippen MR) is 83.0 cm³/mol. The van der Waals surface area contributed by atoms with Crippen molar-refractivity contribution in [2.75, 3.05) is 33.2 Å². The van der Waals surface area contributed by atoms with Gasteiger partial charge in [0.1, 0.15) is 0 Å². The molecule has 6 nitrogen and oxygen atoms in total. The fraction of sp³-hybridized carbons (Fsp3) is 0.571. The lowest BCUT2D eigenvalue weighted by atomic mass is 9.97. The summed E-state index contributed by atoms with van der Waals surface area (Å²) in [6, 6.07) is 3.52. The fourth-order valence-corrected chi connectivity index (χ4v) is 3.09. The molecule has 0 aliphatic carbocycles. The van der Waals surface area contributed by atoms with E-state index in [9.17, 15) is 9.59 Å². The van der Waals surface area contributed by atoms with Crippen LogP contribution in [0.25, 0.3) is 0 Å². The zero-order valence-electron chi connectivity index (χ0n) is 12.2. The van der Waals surface area contributed by atoms with Crippen molar-refractivity contribution in [3.63, 3.8) is 0 Å². The Morgan fingerprint density at radius 3 is 2.71 bits per heavy atom. The third-order valence-electron chi connectivity index (χ3n) is 3.63. The van der Waals surface area contributed by atoms with E-state index < -0.39 is 0 Å². The number of piperidine rings is 1. The van der Waals surface area contributed by atoms with Crippen LogP contribution in [0.3, 0.4) is 0 Å². The highest BCUT2D eigenvalue weighted by Crippen LogP contribution is 2.15. The third-order valence-corrected chi connectivity index (χ3v) is 4.50. The summed E-state index contributed by atoms with van der Waals surface area (Å²) in [5, 5.41) is 5.02. The van der Waals surface area contributed by atoms with E-state index in [4.69, 9.17) is 0 Å². The van der Waals surface area contributed by atoms with E-state index in [0.29, 0.717) is 17.3 Å². The standard InChI is InChI=1S/C14H22N4O2S/c1-15-9-11-4-6-18(7-5-11)10-13(19)16-17-14(20)12-3-2-8-21-12/h2-3,8,11,15H,4-7,9-10H2,1H3,(H,16,19)(H,17,20). The SMILES string of the molecule is CNCC1CCN(CC(=O)NNC(=O)c2cccs2)CC1. The maximum absolute atomic E-state index is 11.8. The number of likely N-dealkylation sites (tertiary alicyclic amines) is 1. The molecule has 0 saturated carbocycles. The van der Waals surface area contributed by atoms with Crippen molar-refractivity contribution in [1.29, 1.82) is 0 Å². The second kappa shape index (κ2) is 8.11. The van der Waals surface area contributed by atoms with Crippen LogP contribution < -0.4 is 16.2 Å².